The van der Waals surface area contributed by atoms with Crippen LogP contribution in [0.5, 0.6) is 0 Å². The van der Waals surface area contributed by atoms with E-state index >= 15 is 0 Å². The number of carboxylic acid groups (broad SMARTS) is 3. The Kier molecular flexibility index (Phi) is 18.7. The molecule has 0 rings (SSSR count). The second kappa shape index (κ2) is 16.5. The number of carbonyl (C=O) groups excluding carboxylic acids is 1. The second-order valence-electron chi connectivity index (χ2n) is 3.94. The minimum atomic E-state index is -1.21. The lowest BCUT2D eigenvalue weighted by molar-refractivity contribution is -0.140. The third-order valence-electron chi connectivity index (χ3n) is 1.86. The highest BCUT2D eigenvalue weighted by molar-refractivity contribution is 7.98. The maximum absolute atomic E-state index is 10.1. The van der Waals surface area contributed by atoms with Crippen LogP contribution in [0.2, 0.25) is 0 Å². The third-order valence-corrected chi connectivity index (χ3v) is 2.51. The van der Waals surface area contributed by atoms with Gasteiger partial charge in [0.05, 0.1) is 13.0 Å². The van der Waals surface area contributed by atoms with Gasteiger partial charge in [0.15, 0.2) is 0 Å². The Morgan fingerprint density at radius 1 is 1.00 bits per heavy atom. The van der Waals surface area contributed by atoms with Crippen LogP contribution in [0.1, 0.15) is 12.8 Å². The van der Waals surface area contributed by atoms with Crippen LogP contribution in [0.15, 0.2) is 0 Å². The smallest absolute Gasteiger partial charge is 0.321 e. The van der Waals surface area contributed by atoms with Gasteiger partial charge in [0.2, 0.25) is 5.91 Å². The van der Waals surface area contributed by atoms with Crippen molar-refractivity contribution in [2.75, 3.05) is 18.6 Å². The largest absolute Gasteiger partial charge is 0.480 e. The van der Waals surface area contributed by atoms with Gasteiger partial charge in [-0.1, -0.05) is 0 Å². The van der Waals surface area contributed by atoms with Crippen molar-refractivity contribution in [1.82, 2.24) is 0 Å². The Bertz CT molecular complexity index is 381. The van der Waals surface area contributed by atoms with Crippen LogP contribution in [0.25, 0.3) is 0 Å². The molecule has 0 saturated heterocycles. The zero-order chi connectivity index (χ0) is 19.0. The van der Waals surface area contributed by atoms with Crippen molar-refractivity contribution in [3.8, 4) is 0 Å². The van der Waals surface area contributed by atoms with Crippen molar-refractivity contribution in [1.29, 1.82) is 0 Å². The Morgan fingerprint density at radius 3 is 1.57 bits per heavy atom. The molecule has 0 aliphatic carbocycles. The van der Waals surface area contributed by atoms with E-state index in [4.69, 9.17) is 26.8 Å². The van der Waals surface area contributed by atoms with Crippen LogP contribution >= 0.6 is 11.8 Å². The number of aliphatic carboxylic acids is 3. The number of carboxylic acids is 3. The van der Waals surface area contributed by atoms with Gasteiger partial charge in [0.25, 0.3) is 0 Å². The highest BCUT2D eigenvalue weighted by Gasteiger charge is 2.13. The molecule has 0 aromatic heterocycles. The van der Waals surface area contributed by atoms with Crippen molar-refractivity contribution in [3.05, 3.63) is 0 Å². The number of nitrogens with two attached hydrogens (primary N) is 4. The summed E-state index contributed by atoms with van der Waals surface area (Å²) in [6.45, 7) is -0.278. The van der Waals surface area contributed by atoms with Crippen molar-refractivity contribution in [3.63, 3.8) is 0 Å². The molecule has 12 heteroatoms. The van der Waals surface area contributed by atoms with E-state index in [0.29, 0.717) is 6.42 Å². The molecule has 1 amide bonds. The van der Waals surface area contributed by atoms with Crippen LogP contribution in [0.3, 0.4) is 0 Å². The van der Waals surface area contributed by atoms with Crippen LogP contribution in [0.4, 0.5) is 0 Å². The average molecular weight is 356 g/mol. The van der Waals surface area contributed by atoms with Crippen molar-refractivity contribution >= 4 is 35.6 Å². The van der Waals surface area contributed by atoms with E-state index < -0.39 is 35.9 Å². The molecule has 136 valence electrons. The van der Waals surface area contributed by atoms with Gasteiger partial charge in [-0.2, -0.15) is 11.8 Å². The molecule has 0 aliphatic rings. The quantitative estimate of drug-likeness (QED) is 0.239. The van der Waals surface area contributed by atoms with Gasteiger partial charge in [-0.25, -0.2) is 0 Å². The molecular weight excluding hydrogens is 332 g/mol. The summed E-state index contributed by atoms with van der Waals surface area (Å²) in [4.78, 5) is 39.2. The van der Waals surface area contributed by atoms with Gasteiger partial charge in [0, 0.05) is 0 Å². The molecule has 0 spiro atoms. The molecule has 0 aromatic rings. The molecule has 0 radical (unpaired) electrons. The average Bonchev–Trinajstić information content (AvgIpc) is 2.44. The highest BCUT2D eigenvalue weighted by atomic mass is 32.2. The third kappa shape index (κ3) is 25.4. The zero-order valence-electron chi connectivity index (χ0n) is 12.7. The lowest BCUT2D eigenvalue weighted by atomic mass is 10.2. The van der Waals surface area contributed by atoms with E-state index in [1.165, 1.54) is 0 Å². The molecule has 0 saturated carbocycles. The summed E-state index contributed by atoms with van der Waals surface area (Å²) in [5.41, 5.74) is 19.3. The molecule has 0 fully saturated rings. The number of carbonyl (C=O) groups is 4. The number of rotatable bonds is 8. The number of thioether (sulfide) groups is 1. The monoisotopic (exact) mass is 356 g/mol. The SMILES string of the molecule is CSCCC(N)C(=O)O.NC(=O)CC(N)C(=O)O.NCC(=O)O. The van der Waals surface area contributed by atoms with Gasteiger partial charge in [-0.15, -0.1) is 0 Å². The second-order valence-corrected chi connectivity index (χ2v) is 4.92. The molecule has 0 aromatic carbocycles. The predicted octanol–water partition coefficient (Wildman–Crippen LogP) is -2.55. The van der Waals surface area contributed by atoms with Crippen molar-refractivity contribution < 1.29 is 34.5 Å². The van der Waals surface area contributed by atoms with Gasteiger partial charge in [0.1, 0.15) is 12.1 Å². The fourth-order valence-corrected chi connectivity index (χ4v) is 1.16. The predicted molar refractivity (Wildman–Crippen MR) is 84.7 cm³/mol. The molecule has 2 atom stereocenters. The minimum absolute atomic E-state index is 0.278. The Hall–Kier alpha value is -1.89. The summed E-state index contributed by atoms with van der Waals surface area (Å²) in [6, 6.07) is -1.85. The standard InChI is InChI=1S/C5H11NO2S.C4H8N2O3.C2H5NO2/c1-9-3-2-4(6)5(7)8;5-2(4(8)9)1-3(6)7;3-1-2(4)5/h4H,2-3,6H2,1H3,(H,7,8);2H,1,5H2,(H2,6,7)(H,8,9);1,3H2,(H,4,5). The lowest BCUT2D eigenvalue weighted by Crippen LogP contribution is -2.34. The van der Waals surface area contributed by atoms with Crippen LogP contribution in [0, 0.1) is 0 Å². The summed E-state index contributed by atoms with van der Waals surface area (Å²) in [7, 11) is 0. The van der Waals surface area contributed by atoms with E-state index in [9.17, 15) is 19.2 Å². The molecule has 0 heterocycles. The number of amides is 1. The first-order valence-corrected chi connectivity index (χ1v) is 7.54. The fraction of sp³-hybridized carbons (Fsp3) is 0.636. The summed E-state index contributed by atoms with van der Waals surface area (Å²) >= 11 is 1.60. The van der Waals surface area contributed by atoms with Gasteiger partial charge >= 0.3 is 17.9 Å². The lowest BCUT2D eigenvalue weighted by Gasteiger charge is -2.02. The Balaban J connectivity index is -0.000000273. The van der Waals surface area contributed by atoms with Crippen LogP contribution in [-0.4, -0.2) is 69.8 Å². The molecule has 0 bridgehead atoms. The summed E-state index contributed by atoms with van der Waals surface area (Å²) in [6.07, 6.45) is 2.17. The first kappa shape index (κ1) is 26.0. The van der Waals surface area contributed by atoms with E-state index in [0.717, 1.165) is 5.75 Å². The maximum atomic E-state index is 10.1. The topological polar surface area (TPSA) is 233 Å². The Labute approximate surface area is 137 Å². The Morgan fingerprint density at radius 2 is 1.39 bits per heavy atom. The highest BCUT2D eigenvalue weighted by Crippen LogP contribution is 1.97. The maximum Gasteiger partial charge on any atom is 0.321 e. The number of hydrogen-bond donors (Lipinski definition) is 7. The van der Waals surface area contributed by atoms with Gasteiger partial charge in [-0.05, 0) is 18.4 Å². The van der Waals surface area contributed by atoms with Gasteiger partial charge in [-0.3, -0.25) is 19.2 Å². The van der Waals surface area contributed by atoms with E-state index in [1.54, 1.807) is 11.8 Å². The molecule has 11 nitrogen and oxygen atoms in total. The molecule has 23 heavy (non-hydrogen) atoms. The molecule has 11 N–H and O–H groups in total. The van der Waals surface area contributed by atoms with E-state index in [-0.39, 0.29) is 13.0 Å². The summed E-state index contributed by atoms with van der Waals surface area (Å²) in [5.74, 6) is -2.99. The van der Waals surface area contributed by atoms with Crippen LogP contribution in [-0.2, 0) is 19.2 Å². The summed E-state index contributed by atoms with van der Waals surface area (Å²) < 4.78 is 0. The first-order valence-electron chi connectivity index (χ1n) is 6.15. The van der Waals surface area contributed by atoms with Gasteiger partial charge < -0.3 is 38.3 Å². The number of hydrogen-bond acceptors (Lipinski definition) is 8. The van der Waals surface area contributed by atoms with E-state index in [2.05, 4.69) is 11.5 Å². The minimum Gasteiger partial charge on any atom is -0.480 e. The molecule has 2 unspecified atom stereocenters. The fourth-order valence-electron chi connectivity index (χ4n) is 0.672. The zero-order valence-corrected chi connectivity index (χ0v) is 13.5. The number of primary amides is 1. The molecule has 0 aliphatic heterocycles. The molecular formula is C11H24N4O7S. The summed E-state index contributed by atoms with van der Waals surface area (Å²) in [5, 5.41) is 24.0. The first-order chi connectivity index (χ1) is 10.5. The van der Waals surface area contributed by atoms with Crippen LogP contribution < -0.4 is 22.9 Å². The van der Waals surface area contributed by atoms with E-state index in [1.807, 2.05) is 6.26 Å². The normalized spacial score (nSPS) is 11.7. The van der Waals surface area contributed by atoms with Crippen molar-refractivity contribution in [2.24, 2.45) is 22.9 Å². The van der Waals surface area contributed by atoms with Crippen molar-refractivity contribution in [2.45, 2.75) is 24.9 Å².